The number of aliphatic hydroxyl groups is 1. The lowest BCUT2D eigenvalue weighted by Gasteiger charge is -2.27. The van der Waals surface area contributed by atoms with Gasteiger partial charge in [0.05, 0.1) is 4.92 Å². The highest BCUT2D eigenvalue weighted by Crippen LogP contribution is 2.37. The summed E-state index contributed by atoms with van der Waals surface area (Å²) in [5.74, 6) is -3.60. The maximum absolute atomic E-state index is 13.6. The number of halogens is 2. The van der Waals surface area contributed by atoms with Gasteiger partial charge in [-0.15, -0.1) is 0 Å². The summed E-state index contributed by atoms with van der Waals surface area (Å²) in [4.78, 5) is 10.1. The predicted molar refractivity (Wildman–Crippen MR) is 72.4 cm³/mol. The first-order valence-electron chi connectivity index (χ1n) is 6.19. The first-order valence-corrected chi connectivity index (χ1v) is 6.19. The number of hydrogen-bond donors (Lipinski definition) is 2. The molecule has 0 aromatic heterocycles. The van der Waals surface area contributed by atoms with Crippen molar-refractivity contribution in [3.63, 3.8) is 0 Å². The van der Waals surface area contributed by atoms with Crippen molar-refractivity contribution in [1.82, 2.24) is 0 Å². The quantitative estimate of drug-likeness (QED) is 0.643. The number of hydrogen-bond acceptors (Lipinski definition) is 5. The first-order chi connectivity index (χ1) is 9.48. The molecule has 1 atom stereocenters. The summed E-state index contributed by atoms with van der Waals surface area (Å²) in [5, 5.41) is 19.5. The summed E-state index contributed by atoms with van der Waals surface area (Å²) in [6.45, 7) is 3.64. The Balaban J connectivity index is 3.35. The van der Waals surface area contributed by atoms with E-state index < -0.39 is 29.1 Å². The minimum atomic E-state index is -3.62. The van der Waals surface area contributed by atoms with Gasteiger partial charge < -0.3 is 15.6 Å². The first kappa shape index (κ1) is 17.3. The van der Waals surface area contributed by atoms with Gasteiger partial charge >= 0.3 is 0 Å². The normalized spacial score (nSPS) is 13.9. The molecule has 0 saturated carbocycles. The molecule has 0 amide bonds. The van der Waals surface area contributed by atoms with Crippen molar-refractivity contribution >= 4 is 5.69 Å². The highest BCUT2D eigenvalue weighted by atomic mass is 19.3. The van der Waals surface area contributed by atoms with Crippen LogP contribution in [0.3, 0.4) is 0 Å². The third-order valence-electron chi connectivity index (χ3n) is 2.62. The summed E-state index contributed by atoms with van der Waals surface area (Å²) in [7, 11) is 0. The average molecular weight is 304 g/mol. The lowest BCUT2D eigenvalue weighted by Crippen LogP contribution is -2.37. The van der Waals surface area contributed by atoms with E-state index in [1.54, 1.807) is 20.8 Å². The molecule has 0 aliphatic rings. The van der Waals surface area contributed by atoms with Crippen LogP contribution in [0.4, 0.5) is 14.5 Å². The molecule has 0 spiro atoms. The number of aliphatic hydroxyl groups excluding tert-OH is 1. The average Bonchev–Trinajstić information content (AvgIpc) is 2.36. The number of rotatable bonds is 5. The second-order valence-electron chi connectivity index (χ2n) is 5.59. The van der Waals surface area contributed by atoms with Gasteiger partial charge in [0.25, 0.3) is 11.6 Å². The van der Waals surface area contributed by atoms with Gasteiger partial charge in [0.1, 0.15) is 24.0 Å². The molecule has 0 heterocycles. The van der Waals surface area contributed by atoms with Crippen LogP contribution in [0, 0.1) is 10.1 Å². The van der Waals surface area contributed by atoms with E-state index in [0.717, 1.165) is 12.1 Å². The van der Waals surface area contributed by atoms with Crippen LogP contribution < -0.4 is 10.5 Å². The topological polar surface area (TPSA) is 98.6 Å². The number of ether oxygens (including phenoxy) is 1. The van der Waals surface area contributed by atoms with Crippen LogP contribution in [0.5, 0.6) is 5.75 Å². The summed E-state index contributed by atoms with van der Waals surface area (Å²) in [6, 6.07) is 1.40. The second-order valence-corrected chi connectivity index (χ2v) is 5.59. The highest BCUT2D eigenvalue weighted by molar-refractivity contribution is 5.46. The number of benzene rings is 1. The molecule has 0 fully saturated rings. The number of alkyl halides is 2. The number of nitrogens with two attached hydrogens (primary N) is 1. The lowest BCUT2D eigenvalue weighted by molar-refractivity contribution is -0.385. The van der Waals surface area contributed by atoms with Gasteiger partial charge in [0, 0.05) is 17.7 Å². The molecule has 0 radical (unpaired) electrons. The minimum Gasteiger partial charge on any atom is -0.488 e. The van der Waals surface area contributed by atoms with Crippen LogP contribution in [-0.2, 0) is 0 Å². The Bertz CT molecular complexity index is 529. The van der Waals surface area contributed by atoms with Crippen molar-refractivity contribution in [2.45, 2.75) is 38.3 Å². The summed E-state index contributed by atoms with van der Waals surface area (Å²) >= 11 is 0. The van der Waals surface area contributed by atoms with Crippen molar-refractivity contribution < 1.29 is 23.5 Å². The Morgan fingerprint density at radius 1 is 1.43 bits per heavy atom. The fraction of sp³-hybridized carbons (Fsp3) is 0.538. The largest absolute Gasteiger partial charge is 0.488 e. The van der Waals surface area contributed by atoms with Crippen molar-refractivity contribution in [3.8, 4) is 5.75 Å². The molecular weight excluding hydrogens is 286 g/mol. The highest BCUT2D eigenvalue weighted by Gasteiger charge is 2.40. The molecule has 6 nitrogen and oxygen atoms in total. The zero-order chi connectivity index (χ0) is 16.4. The van der Waals surface area contributed by atoms with Crippen LogP contribution in [0.1, 0.15) is 32.4 Å². The van der Waals surface area contributed by atoms with Crippen LogP contribution in [0.15, 0.2) is 18.2 Å². The summed E-state index contributed by atoms with van der Waals surface area (Å²) < 4.78 is 32.7. The van der Waals surface area contributed by atoms with Crippen LogP contribution in [0.2, 0.25) is 0 Å². The molecule has 1 aromatic rings. The molecule has 0 aliphatic carbocycles. The van der Waals surface area contributed by atoms with Gasteiger partial charge in [0.15, 0.2) is 0 Å². The minimum absolute atomic E-state index is 0.0220. The third-order valence-corrected chi connectivity index (χ3v) is 2.62. The molecule has 1 aromatic carbocycles. The van der Waals surface area contributed by atoms with Crippen molar-refractivity contribution in [2.75, 3.05) is 6.61 Å². The SMILES string of the molecule is CC(C)(C)Oc1ccc([N+](=O)[O-])cc1C(N)C(F)(F)CO. The van der Waals surface area contributed by atoms with Crippen LogP contribution >= 0.6 is 0 Å². The maximum Gasteiger partial charge on any atom is 0.289 e. The third kappa shape index (κ3) is 4.33. The molecule has 1 unspecified atom stereocenters. The number of non-ortho nitro benzene ring substituents is 1. The smallest absolute Gasteiger partial charge is 0.289 e. The van der Waals surface area contributed by atoms with Gasteiger partial charge in [0.2, 0.25) is 0 Å². The van der Waals surface area contributed by atoms with E-state index in [4.69, 9.17) is 15.6 Å². The monoisotopic (exact) mass is 304 g/mol. The van der Waals surface area contributed by atoms with Gasteiger partial charge in [-0.3, -0.25) is 10.1 Å². The maximum atomic E-state index is 13.6. The number of nitrogens with zero attached hydrogens (tertiary/aromatic N) is 1. The molecule has 0 bridgehead atoms. The van der Waals surface area contributed by atoms with Crippen molar-refractivity contribution in [3.05, 3.63) is 33.9 Å². The van der Waals surface area contributed by atoms with E-state index in [2.05, 4.69) is 0 Å². The Labute approximate surface area is 120 Å². The molecule has 0 aliphatic heterocycles. The van der Waals surface area contributed by atoms with Gasteiger partial charge in [-0.05, 0) is 26.8 Å². The second kappa shape index (κ2) is 5.90. The molecule has 21 heavy (non-hydrogen) atoms. The molecule has 0 saturated heterocycles. The van der Waals surface area contributed by atoms with Gasteiger partial charge in [-0.2, -0.15) is 0 Å². The molecular formula is C13H18F2N2O4. The molecule has 8 heteroatoms. The van der Waals surface area contributed by atoms with Crippen molar-refractivity contribution in [1.29, 1.82) is 0 Å². The molecule has 3 N–H and O–H groups in total. The zero-order valence-corrected chi connectivity index (χ0v) is 12.0. The van der Waals surface area contributed by atoms with Crippen molar-refractivity contribution in [2.24, 2.45) is 5.73 Å². The fourth-order valence-electron chi connectivity index (χ4n) is 1.64. The molecule has 1 rings (SSSR count). The van der Waals surface area contributed by atoms with Crippen LogP contribution in [0.25, 0.3) is 0 Å². The van der Waals surface area contributed by atoms with E-state index in [0.29, 0.717) is 0 Å². The lowest BCUT2D eigenvalue weighted by atomic mass is 9.99. The number of nitro benzene ring substituents is 1. The zero-order valence-electron chi connectivity index (χ0n) is 12.0. The summed E-state index contributed by atoms with van der Waals surface area (Å²) in [5.41, 5.74) is 4.16. The van der Waals surface area contributed by atoms with Gasteiger partial charge in [-0.1, -0.05) is 0 Å². The van der Waals surface area contributed by atoms with E-state index in [9.17, 15) is 18.9 Å². The van der Waals surface area contributed by atoms with E-state index in [1.807, 2.05) is 0 Å². The Kier molecular flexibility index (Phi) is 4.85. The Morgan fingerprint density at radius 2 is 2.00 bits per heavy atom. The molecule has 118 valence electrons. The standard InChI is InChI=1S/C13H18F2N2O4/c1-12(2,3)21-10-5-4-8(17(19)20)6-9(10)11(16)13(14,15)7-18/h4-6,11,18H,7,16H2,1-3H3. The van der Waals surface area contributed by atoms with E-state index in [1.165, 1.54) is 6.07 Å². The van der Waals surface area contributed by atoms with E-state index >= 15 is 0 Å². The van der Waals surface area contributed by atoms with Crippen LogP contribution in [-0.4, -0.2) is 28.2 Å². The summed E-state index contributed by atoms with van der Waals surface area (Å²) in [6.07, 6.45) is 0. The predicted octanol–water partition coefficient (Wildman–Crippen LogP) is 2.40. The fourth-order valence-corrected chi connectivity index (χ4v) is 1.64. The van der Waals surface area contributed by atoms with Gasteiger partial charge in [-0.25, -0.2) is 8.78 Å². The Morgan fingerprint density at radius 3 is 2.43 bits per heavy atom. The Hall–Kier alpha value is -1.80. The van der Waals surface area contributed by atoms with E-state index in [-0.39, 0.29) is 17.0 Å². The number of nitro groups is 1.